The van der Waals surface area contributed by atoms with Crippen molar-refractivity contribution in [1.82, 2.24) is 0 Å². The number of rotatable bonds is 5. The smallest absolute Gasteiger partial charge is 0.340 e. The minimum Gasteiger partial charge on any atom is -0.452 e. The van der Waals surface area contributed by atoms with E-state index in [1.807, 2.05) is 6.07 Å². The summed E-state index contributed by atoms with van der Waals surface area (Å²) in [5, 5.41) is 7.56. The molecule has 1 amide bonds. The number of nitrogens with two attached hydrogens (primary N) is 1. The molecule has 0 saturated carbocycles. The molecule has 0 heterocycles. The van der Waals surface area contributed by atoms with Crippen molar-refractivity contribution >= 4 is 61.8 Å². The predicted molar refractivity (Wildman–Crippen MR) is 101 cm³/mol. The lowest BCUT2D eigenvalue weighted by molar-refractivity contribution is -0.119. The number of carbonyl (C=O) groups is 2. The number of benzene rings is 2. The van der Waals surface area contributed by atoms with Gasteiger partial charge in [-0.1, -0.05) is 17.7 Å². The number of esters is 1. The number of nitrogens with one attached hydrogen (secondary N) is 1. The van der Waals surface area contributed by atoms with Gasteiger partial charge in [0.25, 0.3) is 5.91 Å². The van der Waals surface area contributed by atoms with E-state index in [4.69, 9.17) is 21.5 Å². The number of carbonyl (C=O) groups excluding carboxylic acids is 2. The van der Waals surface area contributed by atoms with Crippen molar-refractivity contribution in [1.29, 1.82) is 0 Å². The van der Waals surface area contributed by atoms with E-state index < -0.39 is 28.5 Å². The van der Waals surface area contributed by atoms with Crippen LogP contribution in [0.4, 0.5) is 5.69 Å². The molecule has 2 aromatic rings. The summed E-state index contributed by atoms with van der Waals surface area (Å²) in [7, 11) is -4.00. The van der Waals surface area contributed by atoms with Crippen molar-refractivity contribution in [2.75, 3.05) is 11.9 Å². The fraction of sp³-hybridized carbons (Fsp3) is 0.0667. The number of ether oxygens (including phenoxy) is 1. The van der Waals surface area contributed by atoms with Gasteiger partial charge < -0.3 is 10.1 Å². The summed E-state index contributed by atoms with van der Waals surface area (Å²) < 4.78 is 28.5. The van der Waals surface area contributed by atoms with E-state index in [-0.39, 0.29) is 15.5 Å². The average molecular weight is 495 g/mol. The first-order valence-corrected chi connectivity index (χ1v) is 9.72. The molecule has 7 nitrogen and oxygen atoms in total. The predicted octanol–water partition coefficient (Wildman–Crippen LogP) is 2.39. The van der Waals surface area contributed by atoms with Gasteiger partial charge in [0.15, 0.2) is 6.61 Å². The molecule has 3 N–H and O–H groups in total. The normalized spacial score (nSPS) is 11.0. The highest BCUT2D eigenvalue weighted by Crippen LogP contribution is 2.21. The Balaban J connectivity index is 2.04. The summed E-state index contributed by atoms with van der Waals surface area (Å²) in [6, 6.07) is 10.4. The molecule has 0 aliphatic carbocycles. The van der Waals surface area contributed by atoms with Gasteiger partial charge in [0.1, 0.15) is 0 Å². The molecule has 10 heteroatoms. The van der Waals surface area contributed by atoms with Crippen LogP contribution in [0.25, 0.3) is 0 Å². The van der Waals surface area contributed by atoms with Crippen molar-refractivity contribution < 1.29 is 22.7 Å². The van der Waals surface area contributed by atoms with E-state index >= 15 is 0 Å². The number of hydrogen-bond acceptors (Lipinski definition) is 5. The highest BCUT2D eigenvalue weighted by atomic mass is 127. The molecule has 25 heavy (non-hydrogen) atoms. The molecule has 2 rings (SSSR count). The highest BCUT2D eigenvalue weighted by Gasteiger charge is 2.18. The Morgan fingerprint density at radius 2 is 1.92 bits per heavy atom. The van der Waals surface area contributed by atoms with Crippen LogP contribution in [0.1, 0.15) is 10.4 Å². The second-order valence-electron chi connectivity index (χ2n) is 4.82. The molecule has 0 aliphatic heterocycles. The second-order valence-corrected chi connectivity index (χ2v) is 8.04. The van der Waals surface area contributed by atoms with Crippen LogP contribution in [0.5, 0.6) is 0 Å². The monoisotopic (exact) mass is 494 g/mol. The molecule has 0 radical (unpaired) electrons. The maximum Gasteiger partial charge on any atom is 0.340 e. The van der Waals surface area contributed by atoms with Gasteiger partial charge >= 0.3 is 5.97 Å². The number of sulfonamides is 1. The molecular weight excluding hydrogens is 483 g/mol. The van der Waals surface area contributed by atoms with Gasteiger partial charge in [-0.3, -0.25) is 4.79 Å². The number of amides is 1. The maximum atomic E-state index is 12.0. The van der Waals surface area contributed by atoms with E-state index in [2.05, 4.69) is 27.9 Å². The van der Waals surface area contributed by atoms with Crippen LogP contribution in [-0.4, -0.2) is 26.9 Å². The molecule has 0 atom stereocenters. The third kappa shape index (κ3) is 5.66. The van der Waals surface area contributed by atoms with Gasteiger partial charge in [-0.15, -0.1) is 0 Å². The Morgan fingerprint density at radius 3 is 2.56 bits per heavy atom. The van der Waals surface area contributed by atoms with E-state index in [0.717, 1.165) is 15.7 Å². The van der Waals surface area contributed by atoms with Crippen molar-refractivity contribution in [2.24, 2.45) is 5.14 Å². The third-order valence-corrected chi connectivity index (χ3v) is 4.84. The Kier molecular flexibility index (Phi) is 6.38. The first kappa shape index (κ1) is 19.6. The van der Waals surface area contributed by atoms with E-state index in [0.29, 0.717) is 5.69 Å². The average Bonchev–Trinajstić information content (AvgIpc) is 2.52. The summed E-state index contributed by atoms with van der Waals surface area (Å²) in [6.07, 6.45) is 0. The number of primary sulfonamides is 1. The molecule has 2 aromatic carbocycles. The quantitative estimate of drug-likeness (QED) is 0.489. The van der Waals surface area contributed by atoms with Crippen LogP contribution in [0.15, 0.2) is 47.4 Å². The van der Waals surface area contributed by atoms with Gasteiger partial charge in [0.05, 0.1) is 15.5 Å². The molecule has 132 valence electrons. The molecular formula is C15H12ClIN2O5S. The summed E-state index contributed by atoms with van der Waals surface area (Å²) in [5.41, 5.74) is 0.359. The molecule has 0 aromatic heterocycles. The zero-order valence-corrected chi connectivity index (χ0v) is 16.3. The Morgan fingerprint density at radius 1 is 1.20 bits per heavy atom. The standard InChI is InChI=1S/C15H12ClIN2O5S/c16-13-5-4-11(25(18,22)23)7-12(13)15(21)24-8-14(20)19-10-3-1-2-9(17)6-10/h1-7H,8H2,(H,19,20)(H2,18,22,23). The van der Waals surface area contributed by atoms with E-state index in [1.54, 1.807) is 18.2 Å². The molecule has 0 unspecified atom stereocenters. The maximum absolute atomic E-state index is 12.0. The van der Waals surface area contributed by atoms with Crippen LogP contribution in [0.3, 0.4) is 0 Å². The van der Waals surface area contributed by atoms with Gasteiger partial charge in [-0.05, 0) is 59.0 Å². The third-order valence-electron chi connectivity index (χ3n) is 2.93. The fourth-order valence-electron chi connectivity index (χ4n) is 1.81. The second kappa shape index (κ2) is 8.13. The van der Waals surface area contributed by atoms with Crippen molar-refractivity contribution in [2.45, 2.75) is 4.90 Å². The zero-order chi connectivity index (χ0) is 18.6. The fourth-order valence-corrected chi connectivity index (χ4v) is 3.09. The van der Waals surface area contributed by atoms with Crippen LogP contribution in [-0.2, 0) is 19.6 Å². The molecule has 0 bridgehead atoms. The van der Waals surface area contributed by atoms with Gasteiger partial charge in [-0.25, -0.2) is 18.4 Å². The Bertz CT molecular complexity index is 933. The molecule has 0 fully saturated rings. The number of anilines is 1. The van der Waals surface area contributed by atoms with E-state index in [1.165, 1.54) is 6.07 Å². The van der Waals surface area contributed by atoms with Crippen molar-refractivity contribution in [3.8, 4) is 0 Å². The Hall–Kier alpha value is -1.69. The largest absolute Gasteiger partial charge is 0.452 e. The lowest BCUT2D eigenvalue weighted by Gasteiger charge is -2.08. The molecule has 0 saturated heterocycles. The first-order valence-electron chi connectivity index (χ1n) is 6.72. The van der Waals surface area contributed by atoms with Crippen LogP contribution >= 0.6 is 34.2 Å². The molecule has 0 aliphatic rings. The van der Waals surface area contributed by atoms with Crippen LogP contribution < -0.4 is 10.5 Å². The van der Waals surface area contributed by atoms with Crippen LogP contribution in [0, 0.1) is 3.57 Å². The Labute approximate surface area is 162 Å². The van der Waals surface area contributed by atoms with Crippen molar-refractivity contribution in [3.63, 3.8) is 0 Å². The zero-order valence-electron chi connectivity index (χ0n) is 12.5. The number of hydrogen-bond donors (Lipinski definition) is 2. The number of halogens is 2. The lowest BCUT2D eigenvalue weighted by Crippen LogP contribution is -2.21. The summed E-state index contributed by atoms with van der Waals surface area (Å²) in [6.45, 7) is -0.555. The van der Waals surface area contributed by atoms with Crippen molar-refractivity contribution in [3.05, 3.63) is 56.6 Å². The SMILES string of the molecule is NS(=O)(=O)c1ccc(Cl)c(C(=O)OCC(=O)Nc2cccc(I)c2)c1. The minimum absolute atomic E-state index is 0.0181. The summed E-state index contributed by atoms with van der Waals surface area (Å²) in [4.78, 5) is 23.6. The first-order chi connectivity index (χ1) is 11.7. The van der Waals surface area contributed by atoms with E-state index in [9.17, 15) is 18.0 Å². The summed E-state index contributed by atoms with van der Waals surface area (Å²) >= 11 is 7.96. The molecule has 0 spiro atoms. The van der Waals surface area contributed by atoms with Gasteiger partial charge in [-0.2, -0.15) is 0 Å². The summed E-state index contributed by atoms with van der Waals surface area (Å²) in [5.74, 6) is -1.48. The topological polar surface area (TPSA) is 116 Å². The minimum atomic E-state index is -4.00. The highest BCUT2D eigenvalue weighted by molar-refractivity contribution is 14.1. The van der Waals surface area contributed by atoms with Gasteiger partial charge in [0, 0.05) is 9.26 Å². The lowest BCUT2D eigenvalue weighted by atomic mass is 10.2. The van der Waals surface area contributed by atoms with Crippen LogP contribution in [0.2, 0.25) is 5.02 Å². The van der Waals surface area contributed by atoms with Gasteiger partial charge in [0.2, 0.25) is 10.0 Å².